The molecule has 3 aliphatic carbocycles. The number of nitrogens with two attached hydrogens (primary N) is 1. The summed E-state index contributed by atoms with van der Waals surface area (Å²) in [5.41, 5.74) is 6.08. The quantitative estimate of drug-likeness (QED) is 0.730. The zero-order valence-corrected chi connectivity index (χ0v) is 18.6. The van der Waals surface area contributed by atoms with Gasteiger partial charge < -0.3 is 10.6 Å². The van der Waals surface area contributed by atoms with Gasteiger partial charge in [0.25, 0.3) is 0 Å². The van der Waals surface area contributed by atoms with Crippen molar-refractivity contribution >= 4 is 11.8 Å². The smallest absolute Gasteiger partial charge is 0.235 e. The molecule has 4 nitrogen and oxygen atoms in total. The van der Waals surface area contributed by atoms with Crippen LogP contribution in [0.2, 0.25) is 0 Å². The van der Waals surface area contributed by atoms with Crippen LogP contribution in [0.15, 0.2) is 0 Å². The molecule has 0 aromatic rings. The van der Waals surface area contributed by atoms with Crippen molar-refractivity contribution in [1.29, 1.82) is 0 Å². The Bertz CT molecular complexity index is 672. The number of rotatable bonds is 3. The van der Waals surface area contributed by atoms with Crippen LogP contribution in [0.5, 0.6) is 0 Å². The summed E-state index contributed by atoms with van der Waals surface area (Å²) in [6, 6.07) is 0.238. The predicted octanol–water partition coefficient (Wildman–Crippen LogP) is 4.37. The lowest BCUT2D eigenvalue weighted by molar-refractivity contribution is -0.214. The van der Waals surface area contributed by atoms with E-state index >= 15 is 0 Å². The van der Waals surface area contributed by atoms with Crippen molar-refractivity contribution in [3.8, 4) is 0 Å². The summed E-state index contributed by atoms with van der Waals surface area (Å²) >= 11 is 0. The number of amides is 2. The standard InChI is InChI=1S/C24H40N2O2/c1-6-24(7-2)19(20(25)27)21(28)26(5)18-11-10-15-16-9-8-13-22(16,3)14-12-17(15)23(18,24)4/h15-19H,6-14H2,1-5H3,(H2,25,27)/t15-,16-,17+,18?,19?,22-,23+/m0/s1. The highest BCUT2D eigenvalue weighted by atomic mass is 16.2. The Morgan fingerprint density at radius 1 is 1.07 bits per heavy atom. The number of nitrogens with zero attached hydrogens (tertiary/aromatic N) is 1. The second kappa shape index (κ2) is 6.47. The van der Waals surface area contributed by atoms with E-state index in [1.54, 1.807) is 0 Å². The molecule has 2 unspecified atom stereocenters. The lowest BCUT2D eigenvalue weighted by Crippen LogP contribution is -2.72. The van der Waals surface area contributed by atoms with E-state index < -0.39 is 11.8 Å². The van der Waals surface area contributed by atoms with Crippen molar-refractivity contribution in [3.05, 3.63) is 0 Å². The molecule has 1 heterocycles. The fraction of sp³-hybridized carbons (Fsp3) is 0.917. The molecule has 0 aromatic carbocycles. The molecule has 1 aliphatic heterocycles. The summed E-state index contributed by atoms with van der Waals surface area (Å²) < 4.78 is 0. The molecule has 158 valence electrons. The van der Waals surface area contributed by atoms with Crippen molar-refractivity contribution in [2.24, 2.45) is 45.7 Å². The fourth-order valence-electron chi connectivity index (χ4n) is 9.34. The molecule has 0 radical (unpaired) electrons. The number of hydrogen-bond donors (Lipinski definition) is 1. The van der Waals surface area contributed by atoms with Gasteiger partial charge in [-0.1, -0.05) is 34.1 Å². The maximum atomic E-state index is 13.3. The number of likely N-dealkylation sites (tertiary alicyclic amines) is 1. The molecule has 4 aliphatic rings. The number of fused-ring (bicyclic) bond motifs is 5. The zero-order chi connectivity index (χ0) is 20.5. The first kappa shape index (κ1) is 20.2. The van der Waals surface area contributed by atoms with Gasteiger partial charge in [-0.25, -0.2) is 0 Å². The highest BCUT2D eigenvalue weighted by Gasteiger charge is 2.69. The van der Waals surface area contributed by atoms with Crippen molar-refractivity contribution in [1.82, 2.24) is 4.90 Å². The molecule has 3 saturated carbocycles. The Morgan fingerprint density at radius 2 is 1.75 bits per heavy atom. The van der Waals surface area contributed by atoms with Crippen LogP contribution in [0.1, 0.15) is 85.5 Å². The minimum Gasteiger partial charge on any atom is -0.369 e. The van der Waals surface area contributed by atoms with Crippen LogP contribution < -0.4 is 5.73 Å². The van der Waals surface area contributed by atoms with Crippen LogP contribution in [-0.4, -0.2) is 29.8 Å². The van der Waals surface area contributed by atoms with Crippen LogP contribution in [-0.2, 0) is 9.59 Å². The summed E-state index contributed by atoms with van der Waals surface area (Å²) in [6.45, 7) is 9.35. The molecule has 1 saturated heterocycles. The highest BCUT2D eigenvalue weighted by molar-refractivity contribution is 6.01. The van der Waals surface area contributed by atoms with E-state index in [0.29, 0.717) is 11.3 Å². The minimum absolute atomic E-state index is 0.0290. The minimum atomic E-state index is -0.676. The molecule has 4 heteroatoms. The van der Waals surface area contributed by atoms with Gasteiger partial charge in [-0.15, -0.1) is 0 Å². The molecule has 28 heavy (non-hydrogen) atoms. The number of hydrogen-bond acceptors (Lipinski definition) is 2. The van der Waals surface area contributed by atoms with Crippen LogP contribution in [0.4, 0.5) is 0 Å². The van der Waals surface area contributed by atoms with Crippen LogP contribution in [0, 0.1) is 39.9 Å². The van der Waals surface area contributed by atoms with Crippen LogP contribution in [0.3, 0.4) is 0 Å². The lowest BCUT2D eigenvalue weighted by Gasteiger charge is -2.69. The Morgan fingerprint density at radius 3 is 2.36 bits per heavy atom. The lowest BCUT2D eigenvalue weighted by atomic mass is 9.38. The summed E-state index contributed by atoms with van der Waals surface area (Å²) in [4.78, 5) is 27.9. The van der Waals surface area contributed by atoms with Gasteiger partial charge in [0, 0.05) is 13.1 Å². The molecule has 2 amide bonds. The van der Waals surface area contributed by atoms with Gasteiger partial charge in [0.1, 0.15) is 5.92 Å². The predicted molar refractivity (Wildman–Crippen MR) is 111 cm³/mol. The zero-order valence-electron chi connectivity index (χ0n) is 18.6. The second-order valence-corrected chi connectivity index (χ2v) is 11.0. The van der Waals surface area contributed by atoms with E-state index in [9.17, 15) is 9.59 Å². The average molecular weight is 389 g/mol. The number of carbonyl (C=O) groups is 2. The molecule has 0 spiro atoms. The SMILES string of the molecule is CCC1(CC)C(C(N)=O)C(=O)N(C)C2CC[C@@H]3[C@@H](CC[C@]4(C)CCC[C@@H]34)[C@]21C. The molecule has 7 atom stereocenters. The normalized spacial score (nSPS) is 47.2. The fourth-order valence-corrected chi connectivity index (χ4v) is 9.34. The van der Waals surface area contributed by atoms with E-state index in [2.05, 4.69) is 27.7 Å². The molecule has 0 aromatic heterocycles. The first-order valence-corrected chi connectivity index (χ1v) is 11.7. The second-order valence-electron chi connectivity index (χ2n) is 11.0. The third-order valence-corrected chi connectivity index (χ3v) is 10.7. The van der Waals surface area contributed by atoms with Gasteiger partial charge in [-0.2, -0.15) is 0 Å². The van der Waals surface area contributed by atoms with Gasteiger partial charge in [-0.05, 0) is 85.4 Å². The Labute approximate surface area is 171 Å². The van der Waals surface area contributed by atoms with E-state index in [-0.39, 0.29) is 22.8 Å². The Kier molecular flexibility index (Phi) is 4.67. The number of carbonyl (C=O) groups excluding carboxylic acids is 2. The van der Waals surface area contributed by atoms with Gasteiger partial charge >= 0.3 is 0 Å². The molecule has 0 bridgehead atoms. The average Bonchev–Trinajstić information content (AvgIpc) is 3.06. The van der Waals surface area contributed by atoms with E-state index in [1.807, 2.05) is 11.9 Å². The molecule has 4 rings (SSSR count). The van der Waals surface area contributed by atoms with Crippen molar-refractivity contribution < 1.29 is 9.59 Å². The third-order valence-electron chi connectivity index (χ3n) is 10.7. The molecular formula is C24H40N2O2. The van der Waals surface area contributed by atoms with Crippen molar-refractivity contribution in [2.45, 2.75) is 91.5 Å². The number of piperidine rings is 1. The topological polar surface area (TPSA) is 63.4 Å². The van der Waals surface area contributed by atoms with Gasteiger partial charge in [0.05, 0.1) is 0 Å². The van der Waals surface area contributed by atoms with Gasteiger partial charge in [-0.3, -0.25) is 9.59 Å². The van der Waals surface area contributed by atoms with E-state index in [4.69, 9.17) is 5.73 Å². The summed E-state index contributed by atoms with van der Waals surface area (Å²) in [5, 5.41) is 0. The van der Waals surface area contributed by atoms with Crippen LogP contribution in [0.25, 0.3) is 0 Å². The molecule has 4 fully saturated rings. The van der Waals surface area contributed by atoms with Crippen LogP contribution >= 0.6 is 0 Å². The number of primary amides is 1. The maximum Gasteiger partial charge on any atom is 0.235 e. The monoisotopic (exact) mass is 388 g/mol. The molecule has 2 N–H and O–H groups in total. The Balaban J connectivity index is 1.85. The maximum absolute atomic E-state index is 13.3. The van der Waals surface area contributed by atoms with Gasteiger partial charge in [0.2, 0.25) is 11.8 Å². The van der Waals surface area contributed by atoms with E-state index in [1.165, 1.54) is 38.5 Å². The first-order valence-electron chi connectivity index (χ1n) is 11.7. The largest absolute Gasteiger partial charge is 0.369 e. The van der Waals surface area contributed by atoms with Gasteiger partial charge in [0.15, 0.2) is 0 Å². The van der Waals surface area contributed by atoms with Crippen molar-refractivity contribution in [2.75, 3.05) is 7.05 Å². The summed E-state index contributed by atoms with van der Waals surface area (Å²) in [5.74, 6) is 1.05. The highest BCUT2D eigenvalue weighted by Crippen LogP contribution is 2.70. The summed E-state index contributed by atoms with van der Waals surface area (Å²) in [7, 11) is 1.93. The summed E-state index contributed by atoms with van der Waals surface area (Å²) in [6.07, 6.45) is 10.7. The first-order chi connectivity index (χ1) is 13.2. The van der Waals surface area contributed by atoms with Crippen molar-refractivity contribution in [3.63, 3.8) is 0 Å². The Hall–Kier alpha value is -1.06. The van der Waals surface area contributed by atoms with E-state index in [0.717, 1.165) is 31.1 Å². The molecular weight excluding hydrogens is 348 g/mol. The third kappa shape index (κ3) is 2.24.